The van der Waals surface area contributed by atoms with Crippen molar-refractivity contribution in [1.82, 2.24) is 0 Å². The van der Waals surface area contributed by atoms with Gasteiger partial charge in [0.2, 0.25) is 0 Å². The fourth-order valence-corrected chi connectivity index (χ4v) is 2.12. The van der Waals surface area contributed by atoms with Gasteiger partial charge in [0.1, 0.15) is 5.75 Å². The highest BCUT2D eigenvalue weighted by Gasteiger charge is 2.14. The summed E-state index contributed by atoms with van der Waals surface area (Å²) in [5, 5.41) is 10.7. The summed E-state index contributed by atoms with van der Waals surface area (Å²) in [6.07, 6.45) is 2.21. The van der Waals surface area contributed by atoms with Gasteiger partial charge in [0.15, 0.2) is 0 Å². The van der Waals surface area contributed by atoms with Gasteiger partial charge < -0.3 is 9.84 Å². The van der Waals surface area contributed by atoms with Crippen LogP contribution in [-0.2, 0) is 0 Å². The molecule has 0 spiro atoms. The molecule has 0 aliphatic carbocycles. The zero-order chi connectivity index (χ0) is 12.1. The fourth-order valence-electron chi connectivity index (χ4n) is 1.49. The molecule has 16 heavy (non-hydrogen) atoms. The summed E-state index contributed by atoms with van der Waals surface area (Å²) in [7, 11) is 1.60. The normalized spacial score (nSPS) is 12.6. The Hall–Kier alpha value is -0.380. The number of benzene rings is 1. The van der Waals surface area contributed by atoms with E-state index in [4.69, 9.17) is 16.3 Å². The molecule has 0 saturated carbocycles. The van der Waals surface area contributed by atoms with Gasteiger partial charge >= 0.3 is 0 Å². The summed E-state index contributed by atoms with van der Waals surface area (Å²) in [5.74, 6) is 1.62. The standard InChI is InChI=1S/C12H17ClO2S/c1-8-6-12(15-2)9(7-10(8)13)11(14)4-5-16-3/h6-7,11,14H,4-5H2,1-3H3. The minimum absolute atomic E-state index is 0.513. The second kappa shape index (κ2) is 6.38. The average Bonchev–Trinajstić information content (AvgIpc) is 2.28. The molecule has 0 aliphatic heterocycles. The molecule has 4 heteroatoms. The highest BCUT2D eigenvalue weighted by Crippen LogP contribution is 2.32. The van der Waals surface area contributed by atoms with Crippen molar-refractivity contribution in [3.8, 4) is 5.75 Å². The predicted molar refractivity (Wildman–Crippen MR) is 70.7 cm³/mol. The van der Waals surface area contributed by atoms with E-state index in [1.54, 1.807) is 24.9 Å². The van der Waals surface area contributed by atoms with Crippen molar-refractivity contribution in [2.45, 2.75) is 19.4 Å². The molecular weight excluding hydrogens is 244 g/mol. The van der Waals surface area contributed by atoms with E-state index in [1.807, 2.05) is 19.2 Å². The third kappa shape index (κ3) is 3.30. The van der Waals surface area contributed by atoms with Crippen LogP contribution >= 0.6 is 23.4 Å². The van der Waals surface area contributed by atoms with E-state index in [-0.39, 0.29) is 0 Å². The van der Waals surface area contributed by atoms with Crippen LogP contribution in [0.15, 0.2) is 12.1 Å². The van der Waals surface area contributed by atoms with Crippen molar-refractivity contribution in [1.29, 1.82) is 0 Å². The Balaban J connectivity index is 2.96. The van der Waals surface area contributed by atoms with Gasteiger partial charge in [0, 0.05) is 10.6 Å². The van der Waals surface area contributed by atoms with Crippen LogP contribution in [0.3, 0.4) is 0 Å². The lowest BCUT2D eigenvalue weighted by Gasteiger charge is -2.15. The summed E-state index contributed by atoms with van der Waals surface area (Å²) >= 11 is 7.76. The SMILES string of the molecule is COc1cc(C)c(Cl)cc1C(O)CCSC. The highest BCUT2D eigenvalue weighted by molar-refractivity contribution is 7.98. The lowest BCUT2D eigenvalue weighted by atomic mass is 10.0. The predicted octanol–water partition coefficient (Wildman–Crippen LogP) is 3.44. The van der Waals surface area contributed by atoms with Gasteiger partial charge in [0.25, 0.3) is 0 Å². The lowest BCUT2D eigenvalue weighted by Crippen LogP contribution is -2.02. The molecule has 0 radical (unpaired) electrons. The molecule has 0 bridgehead atoms. The zero-order valence-electron chi connectivity index (χ0n) is 9.79. The van der Waals surface area contributed by atoms with E-state index in [1.165, 1.54) is 0 Å². The first-order valence-corrected chi connectivity index (χ1v) is 6.88. The van der Waals surface area contributed by atoms with Gasteiger partial charge in [-0.25, -0.2) is 0 Å². The number of ether oxygens (including phenoxy) is 1. The Morgan fingerprint density at radius 2 is 2.19 bits per heavy atom. The van der Waals surface area contributed by atoms with Crippen LogP contribution in [0.5, 0.6) is 5.75 Å². The Kier molecular flexibility index (Phi) is 5.46. The molecule has 1 rings (SSSR count). The second-order valence-corrected chi connectivity index (χ2v) is 5.03. The molecular formula is C12H17ClO2S. The maximum atomic E-state index is 10.0. The van der Waals surface area contributed by atoms with Gasteiger partial charge in [0.05, 0.1) is 13.2 Å². The van der Waals surface area contributed by atoms with Crippen molar-refractivity contribution in [2.24, 2.45) is 0 Å². The topological polar surface area (TPSA) is 29.5 Å². The van der Waals surface area contributed by atoms with E-state index in [0.717, 1.165) is 16.9 Å². The van der Waals surface area contributed by atoms with E-state index < -0.39 is 6.10 Å². The van der Waals surface area contributed by atoms with Crippen molar-refractivity contribution in [3.05, 3.63) is 28.3 Å². The van der Waals surface area contributed by atoms with Crippen molar-refractivity contribution < 1.29 is 9.84 Å². The molecule has 0 heterocycles. The van der Waals surface area contributed by atoms with Crippen LogP contribution in [-0.4, -0.2) is 24.2 Å². The molecule has 90 valence electrons. The molecule has 1 N–H and O–H groups in total. The van der Waals surface area contributed by atoms with Gasteiger partial charge in [-0.3, -0.25) is 0 Å². The summed E-state index contributed by atoms with van der Waals surface area (Å²) in [6, 6.07) is 3.65. The van der Waals surface area contributed by atoms with Gasteiger partial charge in [-0.1, -0.05) is 11.6 Å². The molecule has 0 saturated heterocycles. The summed E-state index contributed by atoms with van der Waals surface area (Å²) in [4.78, 5) is 0. The van der Waals surface area contributed by atoms with Crippen LogP contribution < -0.4 is 4.74 Å². The number of aliphatic hydroxyl groups excluding tert-OH is 1. The van der Waals surface area contributed by atoms with Crippen molar-refractivity contribution in [2.75, 3.05) is 19.1 Å². The first kappa shape index (κ1) is 13.7. The number of hydrogen-bond donors (Lipinski definition) is 1. The van der Waals surface area contributed by atoms with Crippen LogP contribution in [0.2, 0.25) is 5.02 Å². The van der Waals surface area contributed by atoms with Crippen molar-refractivity contribution in [3.63, 3.8) is 0 Å². The summed E-state index contributed by atoms with van der Waals surface area (Å²) < 4.78 is 5.26. The molecule has 1 atom stereocenters. The van der Waals surface area contributed by atoms with Gasteiger partial charge in [-0.15, -0.1) is 0 Å². The molecule has 1 aromatic rings. The van der Waals surface area contributed by atoms with E-state index >= 15 is 0 Å². The van der Waals surface area contributed by atoms with Crippen LogP contribution in [0, 0.1) is 6.92 Å². The van der Waals surface area contributed by atoms with Crippen LogP contribution in [0.1, 0.15) is 23.7 Å². The number of halogens is 1. The molecule has 0 fully saturated rings. The third-order valence-corrected chi connectivity index (χ3v) is 3.52. The third-order valence-electron chi connectivity index (χ3n) is 2.47. The minimum atomic E-state index is -0.513. The zero-order valence-corrected chi connectivity index (χ0v) is 11.4. The van der Waals surface area contributed by atoms with Crippen LogP contribution in [0.4, 0.5) is 0 Å². The largest absolute Gasteiger partial charge is 0.496 e. The Morgan fingerprint density at radius 3 is 2.75 bits per heavy atom. The molecule has 1 aromatic carbocycles. The monoisotopic (exact) mass is 260 g/mol. The maximum Gasteiger partial charge on any atom is 0.125 e. The summed E-state index contributed by atoms with van der Waals surface area (Å²) in [5.41, 5.74) is 1.73. The number of aryl methyl sites for hydroxylation is 1. The van der Waals surface area contributed by atoms with Gasteiger partial charge in [-0.05, 0) is 43.0 Å². The first-order chi connectivity index (χ1) is 7.60. The number of thioether (sulfide) groups is 1. The number of rotatable bonds is 5. The van der Waals surface area contributed by atoms with Crippen LogP contribution in [0.25, 0.3) is 0 Å². The quantitative estimate of drug-likeness (QED) is 0.879. The molecule has 0 aliphatic rings. The smallest absolute Gasteiger partial charge is 0.125 e. The Bertz CT molecular complexity index is 355. The average molecular weight is 261 g/mol. The van der Waals surface area contributed by atoms with E-state index in [9.17, 15) is 5.11 Å². The Labute approximate surface area is 106 Å². The number of methoxy groups -OCH3 is 1. The second-order valence-electron chi connectivity index (χ2n) is 3.64. The lowest BCUT2D eigenvalue weighted by molar-refractivity contribution is 0.170. The number of aliphatic hydroxyl groups is 1. The summed E-state index contributed by atoms with van der Waals surface area (Å²) in [6.45, 7) is 1.92. The minimum Gasteiger partial charge on any atom is -0.496 e. The molecule has 1 unspecified atom stereocenters. The highest BCUT2D eigenvalue weighted by atomic mass is 35.5. The van der Waals surface area contributed by atoms with E-state index in [0.29, 0.717) is 17.2 Å². The van der Waals surface area contributed by atoms with E-state index in [2.05, 4.69) is 0 Å². The molecule has 0 aromatic heterocycles. The number of hydrogen-bond acceptors (Lipinski definition) is 3. The maximum absolute atomic E-state index is 10.0. The first-order valence-electron chi connectivity index (χ1n) is 5.11. The Morgan fingerprint density at radius 1 is 1.50 bits per heavy atom. The van der Waals surface area contributed by atoms with Crippen molar-refractivity contribution >= 4 is 23.4 Å². The van der Waals surface area contributed by atoms with Gasteiger partial charge in [-0.2, -0.15) is 11.8 Å². The molecule has 0 amide bonds. The fraction of sp³-hybridized carbons (Fsp3) is 0.500. The molecule has 2 nitrogen and oxygen atoms in total.